The molecule has 3 rings (SSSR count). The van der Waals surface area contributed by atoms with Gasteiger partial charge in [-0.1, -0.05) is 30.3 Å². The lowest BCUT2D eigenvalue weighted by molar-refractivity contribution is 1.03. The first kappa shape index (κ1) is 10.3. The Morgan fingerprint density at radius 1 is 1.12 bits per heavy atom. The highest BCUT2D eigenvalue weighted by Crippen LogP contribution is 2.24. The fraction of sp³-hybridized carbons (Fsp3) is 0.286. The zero-order valence-electron chi connectivity index (χ0n) is 9.85. The Morgan fingerprint density at radius 3 is 2.59 bits per heavy atom. The van der Waals surface area contributed by atoms with Crippen LogP contribution < -0.4 is 5.32 Å². The summed E-state index contributed by atoms with van der Waals surface area (Å²) in [5.74, 6) is 0.756. The minimum Gasteiger partial charge on any atom is -0.351 e. The van der Waals surface area contributed by atoms with Gasteiger partial charge in [-0.2, -0.15) is 0 Å². The van der Waals surface area contributed by atoms with Crippen molar-refractivity contribution in [2.45, 2.75) is 25.8 Å². The third kappa shape index (κ3) is 2.44. The zero-order valence-corrected chi connectivity index (χ0v) is 9.85. The highest BCUT2D eigenvalue weighted by Gasteiger charge is 2.22. The second-order valence-corrected chi connectivity index (χ2v) is 4.50. The van der Waals surface area contributed by atoms with Gasteiger partial charge in [0, 0.05) is 17.3 Å². The number of anilines is 1. The van der Waals surface area contributed by atoms with Crippen LogP contribution in [-0.2, 0) is 0 Å². The van der Waals surface area contributed by atoms with Crippen LogP contribution in [0.5, 0.6) is 0 Å². The predicted molar refractivity (Wildman–Crippen MR) is 68.8 cm³/mol. The molecule has 0 amide bonds. The Kier molecular flexibility index (Phi) is 2.52. The number of aryl methyl sites for hydroxylation is 1. The van der Waals surface area contributed by atoms with Crippen LogP contribution in [0.3, 0.4) is 0 Å². The maximum absolute atomic E-state index is 4.56. The van der Waals surface area contributed by atoms with Gasteiger partial charge in [0.2, 0.25) is 5.95 Å². The van der Waals surface area contributed by atoms with Crippen LogP contribution in [0.2, 0.25) is 0 Å². The summed E-state index contributed by atoms with van der Waals surface area (Å²) < 4.78 is 0. The topological polar surface area (TPSA) is 37.8 Å². The molecule has 0 radical (unpaired) electrons. The van der Waals surface area contributed by atoms with Gasteiger partial charge in [0.25, 0.3) is 0 Å². The second-order valence-electron chi connectivity index (χ2n) is 4.50. The molecule has 0 saturated heterocycles. The van der Waals surface area contributed by atoms with Crippen molar-refractivity contribution in [3.8, 4) is 11.3 Å². The van der Waals surface area contributed by atoms with Gasteiger partial charge in [-0.05, 0) is 25.8 Å². The van der Waals surface area contributed by atoms with E-state index in [1.165, 1.54) is 12.8 Å². The van der Waals surface area contributed by atoms with E-state index < -0.39 is 0 Å². The molecule has 2 aromatic rings. The summed E-state index contributed by atoms with van der Waals surface area (Å²) in [6.45, 7) is 2.01. The van der Waals surface area contributed by atoms with Crippen molar-refractivity contribution in [2.24, 2.45) is 0 Å². The number of nitrogens with one attached hydrogen (secondary N) is 1. The van der Waals surface area contributed by atoms with Gasteiger partial charge >= 0.3 is 0 Å². The second kappa shape index (κ2) is 4.17. The molecule has 3 heteroatoms. The number of hydrogen-bond donors (Lipinski definition) is 1. The van der Waals surface area contributed by atoms with Crippen LogP contribution in [0.25, 0.3) is 11.3 Å². The lowest BCUT2D eigenvalue weighted by atomic mass is 10.1. The lowest BCUT2D eigenvalue weighted by Gasteiger charge is -2.07. The molecule has 0 aliphatic heterocycles. The zero-order chi connectivity index (χ0) is 11.7. The summed E-state index contributed by atoms with van der Waals surface area (Å²) >= 11 is 0. The van der Waals surface area contributed by atoms with E-state index in [4.69, 9.17) is 0 Å². The number of nitrogens with zero attached hydrogens (tertiary/aromatic N) is 2. The van der Waals surface area contributed by atoms with Crippen LogP contribution >= 0.6 is 0 Å². The molecule has 1 aromatic heterocycles. The number of rotatable bonds is 3. The van der Waals surface area contributed by atoms with Crippen LogP contribution in [0, 0.1) is 6.92 Å². The Hall–Kier alpha value is -1.90. The van der Waals surface area contributed by atoms with Crippen LogP contribution in [0.15, 0.2) is 36.4 Å². The van der Waals surface area contributed by atoms with Crippen LogP contribution in [-0.4, -0.2) is 16.0 Å². The van der Waals surface area contributed by atoms with Crippen molar-refractivity contribution in [1.29, 1.82) is 0 Å². The first-order valence-corrected chi connectivity index (χ1v) is 5.99. The average Bonchev–Trinajstić information content (AvgIpc) is 3.13. The maximum Gasteiger partial charge on any atom is 0.223 e. The van der Waals surface area contributed by atoms with Gasteiger partial charge in [0.05, 0.1) is 5.69 Å². The summed E-state index contributed by atoms with van der Waals surface area (Å²) in [7, 11) is 0. The number of hydrogen-bond acceptors (Lipinski definition) is 3. The lowest BCUT2D eigenvalue weighted by Crippen LogP contribution is -2.06. The van der Waals surface area contributed by atoms with Crippen molar-refractivity contribution < 1.29 is 0 Å². The summed E-state index contributed by atoms with van der Waals surface area (Å²) in [4.78, 5) is 8.98. The summed E-state index contributed by atoms with van der Waals surface area (Å²) in [6.07, 6.45) is 2.47. The van der Waals surface area contributed by atoms with Crippen molar-refractivity contribution >= 4 is 5.95 Å². The predicted octanol–water partition coefficient (Wildman–Crippen LogP) is 3.03. The van der Waals surface area contributed by atoms with E-state index >= 15 is 0 Å². The van der Waals surface area contributed by atoms with E-state index in [2.05, 4.69) is 27.4 Å². The standard InChI is InChI=1S/C14H15N3/c1-10-9-13(11-5-3-2-4-6-11)17-14(15-10)16-12-7-8-12/h2-6,9,12H,7-8H2,1H3,(H,15,16,17). The molecule has 0 spiro atoms. The van der Waals surface area contributed by atoms with E-state index in [9.17, 15) is 0 Å². The molecule has 0 atom stereocenters. The highest BCUT2D eigenvalue weighted by atomic mass is 15.1. The third-order valence-corrected chi connectivity index (χ3v) is 2.83. The van der Waals surface area contributed by atoms with Gasteiger partial charge in [0.15, 0.2) is 0 Å². The first-order chi connectivity index (χ1) is 8.31. The molecule has 3 nitrogen and oxygen atoms in total. The SMILES string of the molecule is Cc1cc(-c2ccccc2)nc(NC2CC2)n1. The molecule has 1 fully saturated rings. The molecular formula is C14H15N3. The number of benzene rings is 1. The Balaban J connectivity index is 1.95. The normalized spacial score (nSPS) is 14.6. The molecule has 0 unspecified atom stereocenters. The molecule has 0 bridgehead atoms. The molecule has 1 aliphatic carbocycles. The average molecular weight is 225 g/mol. The molecule has 17 heavy (non-hydrogen) atoms. The quantitative estimate of drug-likeness (QED) is 0.872. The van der Waals surface area contributed by atoms with Gasteiger partial charge in [-0.25, -0.2) is 9.97 Å². The smallest absolute Gasteiger partial charge is 0.223 e. The molecule has 1 aromatic carbocycles. The van der Waals surface area contributed by atoms with E-state index in [0.717, 1.165) is 22.9 Å². The summed E-state index contributed by atoms with van der Waals surface area (Å²) in [5.41, 5.74) is 3.13. The fourth-order valence-corrected chi connectivity index (χ4v) is 1.80. The Morgan fingerprint density at radius 2 is 1.88 bits per heavy atom. The third-order valence-electron chi connectivity index (χ3n) is 2.83. The summed E-state index contributed by atoms with van der Waals surface area (Å²) in [5, 5.41) is 3.34. The van der Waals surface area contributed by atoms with E-state index in [1.807, 2.05) is 31.2 Å². The molecule has 1 N–H and O–H groups in total. The van der Waals surface area contributed by atoms with Crippen molar-refractivity contribution in [1.82, 2.24) is 9.97 Å². The Labute approximate surface area is 101 Å². The van der Waals surface area contributed by atoms with Crippen molar-refractivity contribution in [3.05, 3.63) is 42.1 Å². The minimum atomic E-state index is 0.584. The molecule has 1 aliphatic rings. The number of aromatic nitrogens is 2. The Bertz CT molecular complexity index is 518. The fourth-order valence-electron chi connectivity index (χ4n) is 1.80. The monoisotopic (exact) mass is 225 g/mol. The summed E-state index contributed by atoms with van der Waals surface area (Å²) in [6, 6.07) is 12.8. The van der Waals surface area contributed by atoms with E-state index in [0.29, 0.717) is 6.04 Å². The molecular weight excluding hydrogens is 210 g/mol. The van der Waals surface area contributed by atoms with Gasteiger partial charge in [-0.15, -0.1) is 0 Å². The molecule has 1 heterocycles. The highest BCUT2D eigenvalue weighted by molar-refractivity contribution is 5.60. The molecule has 86 valence electrons. The van der Waals surface area contributed by atoms with Gasteiger partial charge < -0.3 is 5.32 Å². The van der Waals surface area contributed by atoms with Crippen LogP contribution in [0.1, 0.15) is 18.5 Å². The largest absolute Gasteiger partial charge is 0.351 e. The minimum absolute atomic E-state index is 0.584. The van der Waals surface area contributed by atoms with Gasteiger partial charge in [0.1, 0.15) is 0 Å². The maximum atomic E-state index is 4.56. The molecule has 1 saturated carbocycles. The van der Waals surface area contributed by atoms with Crippen molar-refractivity contribution in [3.63, 3.8) is 0 Å². The van der Waals surface area contributed by atoms with E-state index in [1.54, 1.807) is 0 Å². The van der Waals surface area contributed by atoms with E-state index in [-0.39, 0.29) is 0 Å². The van der Waals surface area contributed by atoms with Crippen LogP contribution in [0.4, 0.5) is 5.95 Å². The van der Waals surface area contributed by atoms with Gasteiger partial charge in [-0.3, -0.25) is 0 Å². The van der Waals surface area contributed by atoms with Crippen molar-refractivity contribution in [2.75, 3.05) is 5.32 Å². The first-order valence-electron chi connectivity index (χ1n) is 5.99.